The third-order valence-corrected chi connectivity index (χ3v) is 0.901. The average molecular weight is 163 g/mol. The highest BCUT2D eigenvalue weighted by Crippen LogP contribution is 1.67. The maximum atomic E-state index is 5.04. The van der Waals surface area contributed by atoms with Gasteiger partial charge in [-0.2, -0.15) is 0 Å². The Balaban J connectivity index is 2.69. The Morgan fingerprint density at radius 1 is 0.818 bits per heavy atom. The molecule has 3 N–H and O–H groups in total. The lowest BCUT2D eigenvalue weighted by Gasteiger charge is -2.05. The molecule has 0 rings (SSSR count). The van der Waals surface area contributed by atoms with E-state index in [2.05, 4.69) is 16.0 Å². The Hall–Kier alpha value is -0.200. The molecule has 0 saturated heterocycles. The Bertz CT molecular complexity index is 64.8. The third kappa shape index (κ3) is 9.80. The second kappa shape index (κ2) is 9.80. The molecule has 0 unspecified atom stereocenters. The summed E-state index contributed by atoms with van der Waals surface area (Å²) in [5, 5.41) is 8.64. The minimum atomic E-state index is 0.505. The van der Waals surface area contributed by atoms with Crippen molar-refractivity contribution in [1.29, 1.82) is 0 Å². The zero-order valence-electron chi connectivity index (χ0n) is 7.14. The fourth-order valence-electron chi connectivity index (χ4n) is 0.492. The fourth-order valence-corrected chi connectivity index (χ4v) is 0.492. The quantitative estimate of drug-likeness (QED) is 0.312. The summed E-state index contributed by atoms with van der Waals surface area (Å²) in [6, 6.07) is 0. The number of hydrogen-bond acceptors (Lipinski definition) is 5. The number of hydrogen-bond donors (Lipinski definition) is 3. The fraction of sp³-hybridized carbons (Fsp3) is 1.00. The second-order valence-corrected chi connectivity index (χ2v) is 1.94. The Morgan fingerprint density at radius 2 is 1.27 bits per heavy atom. The molecule has 0 aromatic rings. The average Bonchev–Trinajstić information content (AvgIpc) is 2.03. The summed E-state index contributed by atoms with van der Waals surface area (Å²) < 4.78 is 10.1. The van der Waals surface area contributed by atoms with Crippen molar-refractivity contribution >= 4 is 0 Å². The molecule has 0 amide bonds. The van der Waals surface area contributed by atoms with Gasteiger partial charge in [0.2, 0.25) is 0 Å². The summed E-state index contributed by atoms with van der Waals surface area (Å²) >= 11 is 0. The van der Waals surface area contributed by atoms with Gasteiger partial charge in [0.05, 0.1) is 26.9 Å². The highest BCUT2D eigenvalue weighted by molar-refractivity contribution is 4.25. The van der Waals surface area contributed by atoms with E-state index in [1.807, 2.05) is 14.1 Å². The normalized spacial score (nSPS) is 10.4. The molecule has 0 spiro atoms. The van der Waals surface area contributed by atoms with Crippen molar-refractivity contribution < 1.29 is 9.47 Å². The maximum Gasteiger partial charge on any atom is 0.1000 e. The van der Waals surface area contributed by atoms with Gasteiger partial charge in [0.1, 0.15) is 0 Å². The molecule has 0 saturated carbocycles. The summed E-state index contributed by atoms with van der Waals surface area (Å²) in [7, 11) is 3.66. The molecule has 0 atom stereocenters. The van der Waals surface area contributed by atoms with Gasteiger partial charge in [0.15, 0.2) is 0 Å². The second-order valence-electron chi connectivity index (χ2n) is 1.94. The Kier molecular flexibility index (Phi) is 9.62. The minimum Gasteiger partial charge on any atom is -0.351 e. The van der Waals surface area contributed by atoms with Gasteiger partial charge in [0.25, 0.3) is 0 Å². The van der Waals surface area contributed by atoms with Crippen LogP contribution in [0.2, 0.25) is 0 Å². The summed E-state index contributed by atoms with van der Waals surface area (Å²) in [4.78, 5) is 0. The topological polar surface area (TPSA) is 54.5 Å². The van der Waals surface area contributed by atoms with Crippen LogP contribution < -0.4 is 16.0 Å². The van der Waals surface area contributed by atoms with Crippen molar-refractivity contribution in [3.8, 4) is 0 Å². The summed E-state index contributed by atoms with van der Waals surface area (Å²) in [6.45, 7) is 2.12. The van der Waals surface area contributed by atoms with Crippen LogP contribution in [0.3, 0.4) is 0 Å². The number of nitrogens with one attached hydrogen (secondary N) is 3. The van der Waals surface area contributed by atoms with E-state index in [4.69, 9.17) is 9.47 Å². The van der Waals surface area contributed by atoms with Crippen molar-refractivity contribution in [3.63, 3.8) is 0 Å². The molecule has 0 fully saturated rings. The molecular weight excluding hydrogens is 146 g/mol. The largest absolute Gasteiger partial charge is 0.351 e. The van der Waals surface area contributed by atoms with E-state index in [1.165, 1.54) is 0 Å². The third-order valence-electron chi connectivity index (χ3n) is 0.901. The molecular formula is C6H17N3O2. The van der Waals surface area contributed by atoms with Crippen LogP contribution in [-0.4, -0.2) is 41.0 Å². The monoisotopic (exact) mass is 163 g/mol. The smallest absolute Gasteiger partial charge is 0.1000 e. The summed E-state index contributed by atoms with van der Waals surface area (Å²) in [6.07, 6.45) is 0. The van der Waals surface area contributed by atoms with Crippen LogP contribution in [0, 0.1) is 0 Å². The summed E-state index contributed by atoms with van der Waals surface area (Å²) in [5.74, 6) is 0. The van der Waals surface area contributed by atoms with Gasteiger partial charge >= 0.3 is 0 Å². The molecule has 0 heterocycles. The molecule has 0 aliphatic rings. The van der Waals surface area contributed by atoms with Crippen LogP contribution in [0.4, 0.5) is 0 Å². The first-order valence-electron chi connectivity index (χ1n) is 3.57. The van der Waals surface area contributed by atoms with E-state index in [0.717, 1.165) is 0 Å². The van der Waals surface area contributed by atoms with Crippen LogP contribution in [0.5, 0.6) is 0 Å². The van der Waals surface area contributed by atoms with Crippen molar-refractivity contribution in [3.05, 3.63) is 0 Å². The van der Waals surface area contributed by atoms with Gasteiger partial charge in [-0.25, -0.2) is 0 Å². The van der Waals surface area contributed by atoms with Crippen LogP contribution >= 0.6 is 0 Å². The van der Waals surface area contributed by atoms with Gasteiger partial charge in [-0.1, -0.05) is 0 Å². The van der Waals surface area contributed by atoms with Crippen molar-refractivity contribution in [2.75, 3.05) is 41.0 Å². The van der Waals surface area contributed by atoms with Gasteiger partial charge in [0, 0.05) is 0 Å². The molecule has 0 aromatic heterocycles. The van der Waals surface area contributed by atoms with Crippen molar-refractivity contribution in [2.24, 2.45) is 0 Å². The van der Waals surface area contributed by atoms with Gasteiger partial charge in [-0.15, -0.1) is 0 Å². The summed E-state index contributed by atoms with van der Waals surface area (Å²) in [5.41, 5.74) is 0. The predicted octanol–water partition coefficient (Wildman–Crippen LogP) is -1.12. The standard InChI is InChI=1S/C6H17N3O2/c1-7-3-10-5-9-6-11-4-8-2/h7-9H,3-6H2,1-2H3. The molecule has 0 aliphatic carbocycles. The highest BCUT2D eigenvalue weighted by atomic mass is 16.5. The van der Waals surface area contributed by atoms with Crippen molar-refractivity contribution in [2.45, 2.75) is 0 Å². The van der Waals surface area contributed by atoms with E-state index in [9.17, 15) is 0 Å². The van der Waals surface area contributed by atoms with E-state index < -0.39 is 0 Å². The zero-order valence-corrected chi connectivity index (χ0v) is 7.14. The van der Waals surface area contributed by atoms with Gasteiger partial charge in [-0.3, -0.25) is 16.0 Å². The van der Waals surface area contributed by atoms with Crippen LogP contribution in [0.15, 0.2) is 0 Å². The lowest BCUT2D eigenvalue weighted by Crippen LogP contribution is -2.26. The van der Waals surface area contributed by atoms with E-state index >= 15 is 0 Å². The first kappa shape index (κ1) is 10.8. The van der Waals surface area contributed by atoms with Crippen molar-refractivity contribution in [1.82, 2.24) is 16.0 Å². The molecule has 0 bridgehead atoms. The van der Waals surface area contributed by atoms with E-state index in [1.54, 1.807) is 0 Å². The van der Waals surface area contributed by atoms with Crippen LogP contribution in [0.25, 0.3) is 0 Å². The SMILES string of the molecule is CNCOCNCOCNC. The maximum absolute atomic E-state index is 5.04. The molecule has 0 aliphatic heterocycles. The zero-order chi connectivity index (χ0) is 8.36. The predicted molar refractivity (Wildman–Crippen MR) is 42.9 cm³/mol. The van der Waals surface area contributed by atoms with Gasteiger partial charge in [-0.05, 0) is 14.1 Å². The molecule has 68 valence electrons. The molecule has 11 heavy (non-hydrogen) atoms. The van der Waals surface area contributed by atoms with Crippen LogP contribution in [-0.2, 0) is 9.47 Å². The number of rotatable bonds is 8. The van der Waals surface area contributed by atoms with Gasteiger partial charge < -0.3 is 9.47 Å². The molecule has 5 heteroatoms. The van der Waals surface area contributed by atoms with E-state index in [-0.39, 0.29) is 0 Å². The molecule has 0 radical (unpaired) electrons. The Morgan fingerprint density at radius 3 is 1.64 bits per heavy atom. The Labute approximate surface area is 67.4 Å². The van der Waals surface area contributed by atoms with E-state index in [0.29, 0.717) is 26.9 Å². The lowest BCUT2D eigenvalue weighted by atomic mass is 11.0. The van der Waals surface area contributed by atoms with Crippen LogP contribution in [0.1, 0.15) is 0 Å². The molecule has 5 nitrogen and oxygen atoms in total. The molecule has 0 aromatic carbocycles. The highest BCUT2D eigenvalue weighted by Gasteiger charge is 1.84. The minimum absolute atomic E-state index is 0.505. The first-order valence-corrected chi connectivity index (χ1v) is 3.57. The first-order chi connectivity index (χ1) is 5.41. The number of ether oxygens (including phenoxy) is 2. The lowest BCUT2D eigenvalue weighted by molar-refractivity contribution is 0.0499.